The van der Waals surface area contributed by atoms with Gasteiger partial charge in [-0.25, -0.2) is 0 Å². The minimum Gasteiger partial charge on any atom is -1.00 e. The molecule has 1 aliphatic carbocycles. The predicted octanol–water partition coefficient (Wildman–Crippen LogP) is 7.58. The van der Waals surface area contributed by atoms with Crippen molar-refractivity contribution in [3.63, 3.8) is 0 Å². The van der Waals surface area contributed by atoms with Gasteiger partial charge in [-0.2, -0.15) is 0 Å². The van der Waals surface area contributed by atoms with Gasteiger partial charge < -0.3 is 20.0 Å². The zero-order valence-electron chi connectivity index (χ0n) is 21.5. The summed E-state index contributed by atoms with van der Waals surface area (Å²) in [6, 6.07) is 20.1. The Morgan fingerprint density at radius 1 is 0.667 bits per heavy atom. The predicted molar refractivity (Wildman–Crippen MR) is 149 cm³/mol. The van der Waals surface area contributed by atoms with E-state index in [0.717, 1.165) is 46.8 Å². The molecule has 17 heteroatoms. The summed E-state index contributed by atoms with van der Waals surface area (Å²) in [5, 5.41) is 7.22. The molecule has 0 saturated heterocycles. The van der Waals surface area contributed by atoms with Crippen LogP contribution in [0.3, 0.4) is 0 Å². The first-order chi connectivity index (χ1) is 18.2. The Kier molecular flexibility index (Phi) is 20.0. The molecular formula is C25H27ClF12N2P2-2. The van der Waals surface area contributed by atoms with E-state index in [1.54, 1.807) is 6.08 Å². The molecule has 1 aliphatic rings. The number of rotatable bonds is 6. The van der Waals surface area contributed by atoms with Crippen molar-refractivity contribution >= 4 is 39.3 Å². The molecule has 2 aromatic carbocycles. The van der Waals surface area contributed by atoms with Gasteiger partial charge in [0.05, 0.1) is 0 Å². The van der Waals surface area contributed by atoms with Crippen LogP contribution in [0.15, 0.2) is 121 Å². The number of hydrogen-bond acceptors (Lipinski definition) is 2. The number of halogens is 13. The summed E-state index contributed by atoms with van der Waals surface area (Å²) in [4.78, 5) is 0. The molecule has 2 N–H and O–H groups in total. The molecule has 42 heavy (non-hydrogen) atoms. The van der Waals surface area contributed by atoms with Crippen LogP contribution in [0, 0.1) is 0 Å². The van der Waals surface area contributed by atoms with Gasteiger partial charge in [0.1, 0.15) is 0 Å². The smallest absolute Gasteiger partial charge is 1.00 e. The van der Waals surface area contributed by atoms with Gasteiger partial charge in [-0.05, 0) is 60.8 Å². The first-order valence-electron chi connectivity index (χ1n) is 11.0. The van der Waals surface area contributed by atoms with Crippen LogP contribution >= 0.6 is 27.9 Å². The van der Waals surface area contributed by atoms with Crippen LogP contribution < -0.4 is 20.0 Å². The van der Waals surface area contributed by atoms with Crippen LogP contribution in [0.1, 0.15) is 19.3 Å². The average Bonchev–Trinajstić information content (AvgIpc) is 2.82. The molecule has 2 aromatic rings. The van der Waals surface area contributed by atoms with E-state index in [4.69, 9.17) is 11.6 Å². The van der Waals surface area contributed by atoms with Gasteiger partial charge in [0, 0.05) is 28.8 Å². The van der Waals surface area contributed by atoms with Gasteiger partial charge in [-0.3, -0.25) is 0 Å². The normalized spacial score (nSPS) is 15.5. The van der Waals surface area contributed by atoms with Crippen LogP contribution in [0.2, 0.25) is 0 Å². The fraction of sp³-hybridized carbons (Fsp3) is 0.120. The maximum atomic E-state index is 9.84. The molecule has 0 heterocycles. The van der Waals surface area contributed by atoms with Crippen molar-refractivity contribution in [3.05, 3.63) is 121 Å². The minimum atomic E-state index is -8.55. The Labute approximate surface area is 241 Å². The molecule has 0 fully saturated rings. The van der Waals surface area contributed by atoms with Gasteiger partial charge in [0.25, 0.3) is 0 Å². The van der Waals surface area contributed by atoms with Crippen molar-refractivity contribution < 1.29 is 51.4 Å². The van der Waals surface area contributed by atoms with E-state index in [9.17, 15) is 42.0 Å². The zero-order chi connectivity index (χ0) is 30.9. The maximum absolute atomic E-state index is 9.84. The quantitative estimate of drug-likeness (QED) is 0.187. The summed E-state index contributed by atoms with van der Waals surface area (Å²) in [7, 11) is -17.1. The van der Waals surface area contributed by atoms with Crippen molar-refractivity contribution in [2.75, 3.05) is 10.6 Å². The molecule has 240 valence electrons. The van der Waals surface area contributed by atoms with E-state index in [-0.39, 0.29) is 9.41 Å². The van der Waals surface area contributed by atoms with Crippen LogP contribution in [-0.2, 0) is 0 Å². The Balaban J connectivity index is -0.000000528. The Bertz CT molecular complexity index is 1110. The van der Waals surface area contributed by atoms with E-state index in [2.05, 4.69) is 23.8 Å². The summed E-state index contributed by atoms with van der Waals surface area (Å²) in [5.41, 5.74) is 4.48. The Morgan fingerprint density at radius 3 is 1.45 bits per heavy atom. The minimum absolute atomic E-state index is 0. The SMILES string of the molecule is C=C/C=C/Nc1ccccc1.C=CC1=C(Cl)/C(=C/Nc2ccccc2)CCC1.FP(F)(F)(F)F.FP(F)(F)(F)F.[F-].[F-]. The summed E-state index contributed by atoms with van der Waals surface area (Å²) in [6.45, 7) is 7.36. The van der Waals surface area contributed by atoms with Gasteiger partial charge >= 0.3 is 58.3 Å². The van der Waals surface area contributed by atoms with E-state index in [0.29, 0.717) is 0 Å². The van der Waals surface area contributed by atoms with Crippen molar-refractivity contribution in [1.29, 1.82) is 0 Å². The molecule has 0 radical (unpaired) electrons. The summed E-state index contributed by atoms with van der Waals surface area (Å²) >= 11 is 6.32. The molecule has 0 bridgehead atoms. The number of hydrogen-bond donors (Lipinski definition) is 2. The van der Waals surface area contributed by atoms with E-state index >= 15 is 0 Å². The molecule has 0 aliphatic heterocycles. The average molecular weight is 681 g/mol. The number of nitrogens with one attached hydrogen (secondary N) is 2. The Hall–Kier alpha value is -2.95. The summed E-state index contributed by atoms with van der Waals surface area (Å²) in [5.74, 6) is 0. The van der Waals surface area contributed by atoms with E-state index < -0.39 is 16.3 Å². The molecule has 0 saturated carbocycles. The molecule has 0 amide bonds. The van der Waals surface area contributed by atoms with Gasteiger partial charge in [0.15, 0.2) is 0 Å². The molecule has 0 aromatic heterocycles. The van der Waals surface area contributed by atoms with Crippen molar-refractivity contribution in [3.8, 4) is 0 Å². The van der Waals surface area contributed by atoms with Gasteiger partial charge in [-0.15, -0.1) is 0 Å². The summed E-state index contributed by atoms with van der Waals surface area (Å²) < 4.78 is 98.4. The molecule has 0 unspecified atom stereocenters. The second kappa shape index (κ2) is 19.3. The number of benzene rings is 2. The van der Waals surface area contributed by atoms with Crippen LogP contribution in [0.25, 0.3) is 0 Å². The third-order valence-corrected chi connectivity index (χ3v) is 4.63. The van der Waals surface area contributed by atoms with Crippen molar-refractivity contribution in [2.24, 2.45) is 0 Å². The maximum Gasteiger partial charge on any atom is -1.00 e. The first-order valence-corrected chi connectivity index (χ1v) is 14.8. The second-order valence-electron chi connectivity index (χ2n) is 7.46. The molecule has 0 atom stereocenters. The fourth-order valence-electron chi connectivity index (χ4n) is 2.67. The monoisotopic (exact) mass is 680 g/mol. The standard InChI is InChI=1S/C15H16ClN.C10H11N.2F5P.2FH/c1-2-12-7-6-8-13(15(12)16)11-17-14-9-4-3-5-10-14;1-2-3-9-11-10-7-5-4-6-8-10;2*1-6(2,3,4)5;;/h2-5,9-11,17H,1,6-8H2;2-9,11H,1H2;;;2*1H/p-2/b13-11+;9-3+;;;;. The van der Waals surface area contributed by atoms with Gasteiger partial charge in [0.2, 0.25) is 0 Å². The molecular weight excluding hydrogens is 654 g/mol. The van der Waals surface area contributed by atoms with E-state index in [1.807, 2.05) is 85.2 Å². The number of allylic oxidation sites excluding steroid dienone is 6. The zero-order valence-corrected chi connectivity index (χ0v) is 24.0. The topological polar surface area (TPSA) is 24.1 Å². The fourth-order valence-corrected chi connectivity index (χ4v) is 2.99. The number of para-hydroxylation sites is 2. The summed E-state index contributed by atoms with van der Waals surface area (Å²) in [6.07, 6.45) is 12.5. The third-order valence-electron chi connectivity index (χ3n) is 4.15. The number of anilines is 2. The third kappa shape index (κ3) is 31.6. The van der Waals surface area contributed by atoms with Crippen LogP contribution in [0.4, 0.5) is 53.3 Å². The van der Waals surface area contributed by atoms with Gasteiger partial charge in [-0.1, -0.05) is 73.3 Å². The largest absolute Gasteiger partial charge is 1.00 e. The van der Waals surface area contributed by atoms with E-state index in [1.165, 1.54) is 0 Å². The molecule has 3 rings (SSSR count). The van der Waals surface area contributed by atoms with Crippen LogP contribution in [0.5, 0.6) is 0 Å². The van der Waals surface area contributed by atoms with Crippen molar-refractivity contribution in [1.82, 2.24) is 0 Å². The molecule has 2 nitrogen and oxygen atoms in total. The molecule has 0 spiro atoms. The first kappa shape index (κ1) is 43.5. The van der Waals surface area contributed by atoms with Crippen LogP contribution in [-0.4, -0.2) is 0 Å². The van der Waals surface area contributed by atoms with Crippen molar-refractivity contribution in [2.45, 2.75) is 19.3 Å². The Morgan fingerprint density at radius 2 is 1.07 bits per heavy atom. The second-order valence-corrected chi connectivity index (χ2v) is 10.4.